The Kier molecular flexibility index (Phi) is 4.59. The number of rotatable bonds is 2. The molecular weight excluding hydrogens is 360 g/mol. The summed E-state index contributed by atoms with van der Waals surface area (Å²) in [5.41, 5.74) is 1.46. The van der Waals surface area contributed by atoms with Crippen molar-refractivity contribution in [2.45, 2.75) is 43.7 Å². The molecule has 1 aromatic heterocycles. The third-order valence-corrected chi connectivity index (χ3v) is 6.83. The van der Waals surface area contributed by atoms with E-state index in [9.17, 15) is 9.90 Å². The van der Waals surface area contributed by atoms with Crippen LogP contribution in [0.5, 0.6) is 0 Å². The molecule has 1 amide bonds. The highest BCUT2D eigenvalue weighted by atomic mass is 16.3. The maximum absolute atomic E-state index is 13.4. The van der Waals surface area contributed by atoms with Crippen LogP contribution in [0.1, 0.15) is 48.2 Å². The van der Waals surface area contributed by atoms with E-state index in [-0.39, 0.29) is 17.9 Å². The highest BCUT2D eigenvalue weighted by molar-refractivity contribution is 5.95. The molecule has 3 aromatic rings. The molecule has 148 valence electrons. The van der Waals surface area contributed by atoms with E-state index in [1.54, 1.807) is 0 Å². The second kappa shape index (κ2) is 7.27. The third kappa shape index (κ3) is 3.12. The standard InChI is InChI=1S/C25H26N2O2/c28-24(22-15-14-18-8-4-6-12-21(18)26-22)27-17-16-25(29,19-9-2-1-3-10-19)20-11-5-7-13-23(20)27/h1-4,6,8-10,12,14-15,20,23,29H,5,7,11,13,16-17H2/t20-,23?,25-/m1/s1. The lowest BCUT2D eigenvalue weighted by Crippen LogP contribution is -2.59. The summed E-state index contributed by atoms with van der Waals surface area (Å²) in [4.78, 5) is 20.0. The molecule has 4 heteroatoms. The van der Waals surface area contributed by atoms with E-state index in [4.69, 9.17) is 0 Å². The largest absolute Gasteiger partial charge is 0.385 e. The fourth-order valence-corrected chi connectivity index (χ4v) is 5.35. The molecule has 3 atom stereocenters. The van der Waals surface area contributed by atoms with Gasteiger partial charge in [-0.1, -0.05) is 67.4 Å². The Bertz CT molecular complexity index is 1040. The number of aromatic nitrogens is 1. The highest BCUT2D eigenvalue weighted by Gasteiger charge is 2.50. The fourth-order valence-electron chi connectivity index (χ4n) is 5.35. The molecule has 29 heavy (non-hydrogen) atoms. The molecular formula is C25H26N2O2. The van der Waals surface area contributed by atoms with Crippen molar-refractivity contribution in [1.29, 1.82) is 0 Å². The first-order valence-corrected chi connectivity index (χ1v) is 10.6. The first kappa shape index (κ1) is 18.3. The number of piperidine rings is 1. The summed E-state index contributed by atoms with van der Waals surface area (Å²) < 4.78 is 0. The van der Waals surface area contributed by atoms with Gasteiger partial charge in [0.25, 0.3) is 5.91 Å². The summed E-state index contributed by atoms with van der Waals surface area (Å²) in [6.07, 6.45) is 4.66. The lowest BCUT2D eigenvalue weighted by atomic mass is 9.66. The Morgan fingerprint density at radius 1 is 0.966 bits per heavy atom. The lowest BCUT2D eigenvalue weighted by molar-refractivity contribution is -0.110. The first-order valence-electron chi connectivity index (χ1n) is 10.6. The summed E-state index contributed by atoms with van der Waals surface area (Å²) in [5, 5.41) is 12.7. The van der Waals surface area contributed by atoms with Gasteiger partial charge in [0.2, 0.25) is 0 Å². The Morgan fingerprint density at radius 3 is 2.59 bits per heavy atom. The SMILES string of the molecule is O=C(c1ccc2ccccc2n1)N1CC[C@@](O)(c2ccccc2)[C@@H]2CCCCC21. The van der Waals surface area contributed by atoms with E-state index in [2.05, 4.69) is 4.98 Å². The Hall–Kier alpha value is -2.72. The van der Waals surface area contributed by atoms with Gasteiger partial charge in [0.1, 0.15) is 5.69 Å². The molecule has 1 unspecified atom stereocenters. The minimum Gasteiger partial charge on any atom is -0.385 e. The zero-order valence-corrected chi connectivity index (χ0v) is 16.5. The van der Waals surface area contributed by atoms with Crippen LogP contribution in [0.25, 0.3) is 10.9 Å². The fraction of sp³-hybridized carbons (Fsp3) is 0.360. The number of hydrogen-bond donors (Lipinski definition) is 1. The molecule has 1 aliphatic heterocycles. The van der Waals surface area contributed by atoms with Crippen molar-refractivity contribution < 1.29 is 9.90 Å². The average molecular weight is 386 g/mol. The van der Waals surface area contributed by atoms with Crippen LogP contribution in [0.2, 0.25) is 0 Å². The number of carbonyl (C=O) groups excluding carboxylic acids is 1. The second-order valence-corrected chi connectivity index (χ2v) is 8.39. The van der Waals surface area contributed by atoms with Crippen LogP contribution in [0.3, 0.4) is 0 Å². The van der Waals surface area contributed by atoms with E-state index in [0.717, 1.165) is 42.1 Å². The van der Waals surface area contributed by atoms with Crippen LogP contribution in [0.4, 0.5) is 0 Å². The molecule has 4 nitrogen and oxygen atoms in total. The maximum atomic E-state index is 13.4. The van der Waals surface area contributed by atoms with Crippen molar-refractivity contribution in [3.63, 3.8) is 0 Å². The number of amides is 1. The molecule has 2 aliphatic rings. The quantitative estimate of drug-likeness (QED) is 0.704. The Balaban J connectivity index is 1.47. The predicted octanol–water partition coefficient (Wildman–Crippen LogP) is 4.53. The van der Waals surface area contributed by atoms with Crippen LogP contribution in [-0.4, -0.2) is 33.5 Å². The summed E-state index contributed by atoms with van der Waals surface area (Å²) in [6.45, 7) is 0.555. The number of hydrogen-bond acceptors (Lipinski definition) is 3. The minimum atomic E-state index is -0.861. The second-order valence-electron chi connectivity index (χ2n) is 8.39. The van der Waals surface area contributed by atoms with Crippen LogP contribution >= 0.6 is 0 Å². The van der Waals surface area contributed by atoms with Gasteiger partial charge in [-0.15, -0.1) is 0 Å². The molecule has 1 saturated heterocycles. The first-order chi connectivity index (χ1) is 14.2. The van der Waals surface area contributed by atoms with Gasteiger partial charge in [-0.25, -0.2) is 4.98 Å². The summed E-state index contributed by atoms with van der Waals surface area (Å²) in [7, 11) is 0. The third-order valence-electron chi connectivity index (χ3n) is 6.83. The zero-order valence-electron chi connectivity index (χ0n) is 16.5. The highest BCUT2D eigenvalue weighted by Crippen LogP contribution is 2.47. The molecule has 0 radical (unpaired) electrons. The number of para-hydroxylation sites is 1. The minimum absolute atomic E-state index is 0.0113. The van der Waals surface area contributed by atoms with Crippen LogP contribution in [-0.2, 0) is 5.60 Å². The van der Waals surface area contributed by atoms with E-state index in [1.807, 2.05) is 71.6 Å². The van der Waals surface area contributed by atoms with Crippen molar-refractivity contribution >= 4 is 16.8 Å². The Morgan fingerprint density at radius 2 is 1.72 bits per heavy atom. The predicted molar refractivity (Wildman–Crippen MR) is 113 cm³/mol. The summed E-state index contributed by atoms with van der Waals surface area (Å²) >= 11 is 0. The van der Waals surface area contributed by atoms with E-state index >= 15 is 0 Å². The van der Waals surface area contributed by atoms with E-state index in [0.29, 0.717) is 18.7 Å². The molecule has 1 saturated carbocycles. The monoisotopic (exact) mass is 386 g/mol. The van der Waals surface area contributed by atoms with Gasteiger partial charge in [0.05, 0.1) is 11.1 Å². The normalized spacial score (nSPS) is 26.9. The van der Waals surface area contributed by atoms with Crippen molar-refractivity contribution in [1.82, 2.24) is 9.88 Å². The molecule has 5 rings (SSSR count). The molecule has 0 bridgehead atoms. The van der Waals surface area contributed by atoms with Crippen LogP contribution in [0.15, 0.2) is 66.7 Å². The van der Waals surface area contributed by atoms with Crippen LogP contribution < -0.4 is 0 Å². The summed E-state index contributed by atoms with van der Waals surface area (Å²) in [5.74, 6) is 0.0552. The molecule has 1 N–H and O–H groups in total. The molecule has 2 heterocycles. The smallest absolute Gasteiger partial charge is 0.272 e. The van der Waals surface area contributed by atoms with Crippen molar-refractivity contribution in [3.05, 3.63) is 78.0 Å². The van der Waals surface area contributed by atoms with Crippen molar-refractivity contribution in [2.75, 3.05) is 6.54 Å². The molecule has 1 aliphatic carbocycles. The molecule has 2 aromatic carbocycles. The number of carbonyl (C=O) groups is 1. The zero-order chi connectivity index (χ0) is 19.8. The molecule has 0 spiro atoms. The van der Waals surface area contributed by atoms with Crippen molar-refractivity contribution in [3.8, 4) is 0 Å². The number of nitrogens with zero attached hydrogens (tertiary/aromatic N) is 2. The number of likely N-dealkylation sites (tertiary alicyclic amines) is 1. The number of aliphatic hydroxyl groups is 1. The number of fused-ring (bicyclic) bond motifs is 2. The van der Waals surface area contributed by atoms with Gasteiger partial charge in [-0.2, -0.15) is 0 Å². The maximum Gasteiger partial charge on any atom is 0.272 e. The number of pyridine rings is 1. The van der Waals surface area contributed by atoms with Gasteiger partial charge in [0, 0.05) is 23.9 Å². The topological polar surface area (TPSA) is 53.4 Å². The lowest BCUT2D eigenvalue weighted by Gasteiger charge is -2.52. The Labute approximate surface area is 171 Å². The van der Waals surface area contributed by atoms with Gasteiger partial charge in [0.15, 0.2) is 0 Å². The van der Waals surface area contributed by atoms with Crippen molar-refractivity contribution in [2.24, 2.45) is 5.92 Å². The van der Waals surface area contributed by atoms with Gasteiger partial charge < -0.3 is 10.0 Å². The summed E-state index contributed by atoms with van der Waals surface area (Å²) in [6, 6.07) is 21.7. The van der Waals surface area contributed by atoms with E-state index < -0.39 is 5.60 Å². The van der Waals surface area contributed by atoms with E-state index in [1.165, 1.54) is 0 Å². The number of benzene rings is 2. The van der Waals surface area contributed by atoms with Gasteiger partial charge >= 0.3 is 0 Å². The van der Waals surface area contributed by atoms with Gasteiger partial charge in [-0.05, 0) is 37.0 Å². The van der Waals surface area contributed by atoms with Crippen LogP contribution in [0, 0.1) is 5.92 Å². The average Bonchev–Trinajstić information content (AvgIpc) is 2.79. The van der Waals surface area contributed by atoms with Gasteiger partial charge in [-0.3, -0.25) is 4.79 Å². The molecule has 2 fully saturated rings.